The molecular formula is C28H32N6O3. The lowest BCUT2D eigenvalue weighted by Crippen LogP contribution is -2.34. The first-order valence-corrected chi connectivity index (χ1v) is 12.3. The van der Waals surface area contributed by atoms with Gasteiger partial charge in [0.15, 0.2) is 5.82 Å². The fourth-order valence-electron chi connectivity index (χ4n) is 4.24. The van der Waals surface area contributed by atoms with E-state index >= 15 is 0 Å². The van der Waals surface area contributed by atoms with Crippen molar-refractivity contribution >= 4 is 28.5 Å². The lowest BCUT2D eigenvalue weighted by molar-refractivity contribution is -0.122. The van der Waals surface area contributed by atoms with E-state index in [0.717, 1.165) is 33.2 Å². The molecule has 37 heavy (non-hydrogen) atoms. The second-order valence-corrected chi connectivity index (χ2v) is 9.23. The number of aromatic amines is 1. The second kappa shape index (κ2) is 11.6. The monoisotopic (exact) mass is 500 g/mol. The Kier molecular flexibility index (Phi) is 8.02. The van der Waals surface area contributed by atoms with E-state index in [9.17, 15) is 14.4 Å². The quantitative estimate of drug-likeness (QED) is 0.251. The maximum absolute atomic E-state index is 13.0. The van der Waals surface area contributed by atoms with Gasteiger partial charge < -0.3 is 21.4 Å². The number of carbonyl (C=O) groups excluding carboxylic acids is 2. The number of nitrogens with zero attached hydrogens (tertiary/aromatic N) is 2. The first-order chi connectivity index (χ1) is 17.8. The van der Waals surface area contributed by atoms with Gasteiger partial charge in [-0.25, -0.2) is 4.98 Å². The molecule has 0 aliphatic heterocycles. The number of nitrogens with one attached hydrogen (secondary N) is 3. The lowest BCUT2D eigenvalue weighted by Gasteiger charge is -2.13. The highest BCUT2D eigenvalue weighted by Gasteiger charge is 2.12. The molecule has 0 saturated heterocycles. The second-order valence-electron chi connectivity index (χ2n) is 9.23. The maximum Gasteiger partial charge on any atom is 0.293 e. The Morgan fingerprint density at radius 2 is 1.84 bits per heavy atom. The van der Waals surface area contributed by atoms with Gasteiger partial charge in [0.05, 0.1) is 0 Å². The van der Waals surface area contributed by atoms with Gasteiger partial charge in [-0.1, -0.05) is 30.3 Å². The van der Waals surface area contributed by atoms with E-state index in [1.54, 1.807) is 13.1 Å². The van der Waals surface area contributed by atoms with E-state index < -0.39 is 0 Å². The number of primary amides is 1. The molecular weight excluding hydrogens is 468 g/mol. The molecule has 0 saturated carbocycles. The molecule has 2 heterocycles. The molecule has 2 aromatic carbocycles. The Bertz CT molecular complexity index is 1490. The summed E-state index contributed by atoms with van der Waals surface area (Å²) >= 11 is 0. The molecule has 0 aliphatic carbocycles. The molecule has 0 radical (unpaired) electrons. The number of H-pyrrole nitrogens is 1. The highest BCUT2D eigenvalue weighted by atomic mass is 16.2. The summed E-state index contributed by atoms with van der Waals surface area (Å²) in [5, 5.41) is 7.13. The van der Waals surface area contributed by atoms with Crippen LogP contribution in [0.3, 0.4) is 0 Å². The summed E-state index contributed by atoms with van der Waals surface area (Å²) in [5.74, 6) is -0.367. The zero-order valence-electron chi connectivity index (χ0n) is 21.1. The molecule has 192 valence electrons. The molecule has 9 nitrogen and oxygen atoms in total. The number of hydrogen-bond donors (Lipinski definition) is 4. The van der Waals surface area contributed by atoms with Crippen LogP contribution in [0.15, 0.2) is 59.7 Å². The molecule has 0 bridgehead atoms. The van der Waals surface area contributed by atoms with Crippen molar-refractivity contribution in [2.24, 2.45) is 5.73 Å². The van der Waals surface area contributed by atoms with Crippen LogP contribution in [0.2, 0.25) is 0 Å². The summed E-state index contributed by atoms with van der Waals surface area (Å²) < 4.78 is 1.43. The van der Waals surface area contributed by atoms with Crippen LogP contribution in [-0.4, -0.2) is 32.9 Å². The van der Waals surface area contributed by atoms with Crippen molar-refractivity contribution < 1.29 is 9.59 Å². The normalized spacial score (nSPS) is 11.0. The standard InChI is InChI=1S/C28H32N6O3/c1-18-14-31-24-8-6-22(13-23(18)24)16-32-26(36)17-34-19(2)15-33-27(28(34)37)30-11-10-21-5-3-4-20(12-21)7-9-25(29)35/h3-6,8,12-15,31H,7,9-11,16-17H2,1-2H3,(H2,29,35)(H,30,33)(H,32,36). The third kappa shape index (κ3) is 6.63. The topological polar surface area (TPSA) is 135 Å². The van der Waals surface area contributed by atoms with Crippen LogP contribution in [0.5, 0.6) is 0 Å². The summed E-state index contributed by atoms with van der Waals surface area (Å²) in [6.45, 7) is 4.58. The third-order valence-corrected chi connectivity index (χ3v) is 6.36. The third-order valence-electron chi connectivity index (χ3n) is 6.36. The Morgan fingerprint density at radius 1 is 1.05 bits per heavy atom. The average molecular weight is 501 g/mol. The van der Waals surface area contributed by atoms with Gasteiger partial charge in [-0.2, -0.15) is 0 Å². The molecule has 0 aliphatic rings. The highest BCUT2D eigenvalue weighted by molar-refractivity contribution is 5.83. The minimum Gasteiger partial charge on any atom is -0.370 e. The van der Waals surface area contributed by atoms with E-state index in [2.05, 4.69) is 26.7 Å². The van der Waals surface area contributed by atoms with Gasteiger partial charge in [-0.3, -0.25) is 19.0 Å². The van der Waals surface area contributed by atoms with Gasteiger partial charge in [0, 0.05) is 48.5 Å². The molecule has 2 aromatic heterocycles. The van der Waals surface area contributed by atoms with Crippen LogP contribution in [0.1, 0.15) is 34.4 Å². The smallest absolute Gasteiger partial charge is 0.293 e. The van der Waals surface area contributed by atoms with Gasteiger partial charge in [0.2, 0.25) is 11.8 Å². The van der Waals surface area contributed by atoms with Crippen LogP contribution in [0.25, 0.3) is 10.9 Å². The summed E-state index contributed by atoms with van der Waals surface area (Å²) in [7, 11) is 0. The molecule has 4 aromatic rings. The largest absolute Gasteiger partial charge is 0.370 e. The zero-order valence-corrected chi connectivity index (χ0v) is 21.1. The van der Waals surface area contributed by atoms with E-state index in [0.29, 0.717) is 38.0 Å². The van der Waals surface area contributed by atoms with Gasteiger partial charge in [-0.05, 0) is 61.1 Å². The molecule has 2 amide bonds. The highest BCUT2D eigenvalue weighted by Crippen LogP contribution is 2.19. The number of carbonyl (C=O) groups is 2. The molecule has 4 rings (SSSR count). The number of hydrogen-bond acceptors (Lipinski definition) is 5. The summed E-state index contributed by atoms with van der Waals surface area (Å²) in [6, 6.07) is 14.0. The van der Waals surface area contributed by atoms with Crippen molar-refractivity contribution in [3.63, 3.8) is 0 Å². The van der Waals surface area contributed by atoms with Crippen molar-refractivity contribution in [1.29, 1.82) is 0 Å². The number of aromatic nitrogens is 3. The lowest BCUT2D eigenvalue weighted by atomic mass is 10.0. The van der Waals surface area contributed by atoms with Crippen molar-refractivity contribution in [2.75, 3.05) is 11.9 Å². The fourth-order valence-corrected chi connectivity index (χ4v) is 4.24. The molecule has 0 atom stereocenters. The van der Waals surface area contributed by atoms with E-state index in [1.165, 1.54) is 4.57 Å². The number of nitrogens with two attached hydrogens (primary N) is 1. The molecule has 5 N–H and O–H groups in total. The minimum atomic E-state index is -0.338. The first-order valence-electron chi connectivity index (χ1n) is 12.3. The molecule has 0 fully saturated rings. The zero-order chi connectivity index (χ0) is 26.4. The number of fused-ring (bicyclic) bond motifs is 1. The Balaban J connectivity index is 1.34. The number of aryl methyl sites for hydroxylation is 3. The van der Waals surface area contributed by atoms with Crippen LogP contribution >= 0.6 is 0 Å². The summed E-state index contributed by atoms with van der Waals surface area (Å²) in [6.07, 6.45) is 5.13. The summed E-state index contributed by atoms with van der Waals surface area (Å²) in [5.41, 5.74) is 10.8. The Morgan fingerprint density at radius 3 is 2.62 bits per heavy atom. The molecule has 9 heteroatoms. The van der Waals surface area contributed by atoms with E-state index in [4.69, 9.17) is 5.73 Å². The maximum atomic E-state index is 13.0. The predicted molar refractivity (Wildman–Crippen MR) is 144 cm³/mol. The number of anilines is 1. The Labute approximate surface area is 215 Å². The van der Waals surface area contributed by atoms with Crippen LogP contribution in [0, 0.1) is 13.8 Å². The van der Waals surface area contributed by atoms with E-state index in [1.807, 2.05) is 49.5 Å². The van der Waals surface area contributed by atoms with Crippen LogP contribution in [-0.2, 0) is 35.5 Å². The molecule has 0 spiro atoms. The predicted octanol–water partition coefficient (Wildman–Crippen LogP) is 2.73. The first kappa shape index (κ1) is 25.7. The minimum absolute atomic E-state index is 0.0881. The van der Waals surface area contributed by atoms with Gasteiger partial charge in [0.25, 0.3) is 5.56 Å². The van der Waals surface area contributed by atoms with Crippen molar-refractivity contribution in [3.05, 3.63) is 93.2 Å². The van der Waals surface area contributed by atoms with Crippen LogP contribution < -0.4 is 21.9 Å². The van der Waals surface area contributed by atoms with Crippen molar-refractivity contribution in [2.45, 2.75) is 46.2 Å². The van der Waals surface area contributed by atoms with E-state index in [-0.39, 0.29) is 29.7 Å². The average Bonchev–Trinajstić information content (AvgIpc) is 3.25. The SMILES string of the molecule is Cc1c[nH]c2ccc(CNC(=O)Cn3c(C)cnc(NCCc4cccc(CCC(N)=O)c4)c3=O)cc12. The van der Waals surface area contributed by atoms with Gasteiger partial charge in [-0.15, -0.1) is 0 Å². The van der Waals surface area contributed by atoms with Crippen molar-refractivity contribution in [3.8, 4) is 0 Å². The number of benzene rings is 2. The summed E-state index contributed by atoms with van der Waals surface area (Å²) in [4.78, 5) is 44.2. The fraction of sp³-hybridized carbons (Fsp3) is 0.286. The number of rotatable bonds is 11. The van der Waals surface area contributed by atoms with Gasteiger partial charge >= 0.3 is 0 Å². The number of amides is 2. The molecule has 0 unspecified atom stereocenters. The van der Waals surface area contributed by atoms with Crippen LogP contribution in [0.4, 0.5) is 5.82 Å². The Hall–Kier alpha value is -4.40. The van der Waals surface area contributed by atoms with Gasteiger partial charge in [0.1, 0.15) is 6.54 Å². The van der Waals surface area contributed by atoms with Crippen molar-refractivity contribution in [1.82, 2.24) is 19.9 Å².